The van der Waals surface area contributed by atoms with Crippen LogP contribution in [0.5, 0.6) is 5.75 Å². The number of nitrogens with zero attached hydrogens (tertiary/aromatic N) is 4. The molecule has 0 bridgehead atoms. The maximum Gasteiger partial charge on any atom is 0.268 e. The lowest BCUT2D eigenvalue weighted by molar-refractivity contribution is -0.125. The van der Waals surface area contributed by atoms with Crippen molar-refractivity contribution in [3.63, 3.8) is 0 Å². The lowest BCUT2D eigenvalue weighted by Gasteiger charge is -2.33. The molecule has 1 aliphatic rings. The first kappa shape index (κ1) is 24.6. The minimum atomic E-state index is -1.37. The van der Waals surface area contributed by atoms with Gasteiger partial charge in [0.25, 0.3) is 5.91 Å². The summed E-state index contributed by atoms with van der Waals surface area (Å²) >= 11 is 0. The van der Waals surface area contributed by atoms with Gasteiger partial charge in [0.15, 0.2) is 17.7 Å². The van der Waals surface area contributed by atoms with Crippen LogP contribution in [0.2, 0.25) is 0 Å². The normalized spacial score (nSPS) is 15.8. The molecule has 37 heavy (non-hydrogen) atoms. The molecule has 2 aromatic carbocycles. The molecule has 1 amide bonds. The number of rotatable bonds is 5. The topological polar surface area (TPSA) is 108 Å². The zero-order valence-electron chi connectivity index (χ0n) is 20.4. The third-order valence-corrected chi connectivity index (χ3v) is 7.46. The first-order valence-corrected chi connectivity index (χ1v) is 13.0. The molecule has 0 unspecified atom stereocenters. The average molecular weight is 519 g/mol. The molecule has 0 spiro atoms. The second-order valence-electron chi connectivity index (χ2n) is 8.83. The Hall–Kier alpha value is -4.07. The van der Waals surface area contributed by atoms with E-state index in [9.17, 15) is 19.4 Å². The Balaban J connectivity index is 1.64. The van der Waals surface area contributed by atoms with E-state index >= 15 is 4.39 Å². The van der Waals surface area contributed by atoms with E-state index in [4.69, 9.17) is 4.74 Å². The number of pyridine rings is 1. The highest BCUT2D eigenvalue weighted by atomic mass is 32.2. The van der Waals surface area contributed by atoms with Crippen LogP contribution in [0.4, 0.5) is 10.1 Å². The summed E-state index contributed by atoms with van der Waals surface area (Å²) in [4.78, 5) is 19.8. The van der Waals surface area contributed by atoms with Crippen LogP contribution in [0.1, 0.15) is 29.4 Å². The number of ether oxygens (including phenoxy) is 1. The van der Waals surface area contributed by atoms with Gasteiger partial charge < -0.3 is 14.2 Å². The Bertz CT molecular complexity index is 1640. The van der Waals surface area contributed by atoms with E-state index in [2.05, 4.69) is 11.1 Å². The van der Waals surface area contributed by atoms with Crippen LogP contribution in [0.15, 0.2) is 53.6 Å². The van der Waals surface area contributed by atoms with Crippen LogP contribution in [-0.4, -0.2) is 37.0 Å². The molecule has 1 aliphatic heterocycles. The predicted molar refractivity (Wildman–Crippen MR) is 136 cm³/mol. The van der Waals surface area contributed by atoms with E-state index in [1.54, 1.807) is 53.9 Å². The average Bonchev–Trinajstić information content (AvgIpc) is 3.20. The summed E-state index contributed by atoms with van der Waals surface area (Å²) in [5, 5.41) is 18.9. The number of benzene rings is 2. The fourth-order valence-electron chi connectivity index (χ4n) is 4.54. The SMILES string of the molecule is Cc1nc2ccc(C#N)cn2c1CN1C(=O)[C@@H](C)Oc2c(F)cc(-c3ccc(CO)c([S@@](C)=O)c3)cc21. The molecule has 188 valence electrons. The number of aromatic nitrogens is 2. The molecule has 0 saturated carbocycles. The summed E-state index contributed by atoms with van der Waals surface area (Å²) in [5.41, 5.74) is 4.26. The lowest BCUT2D eigenvalue weighted by atomic mass is 10.0. The highest BCUT2D eigenvalue weighted by molar-refractivity contribution is 7.84. The molecule has 10 heteroatoms. The van der Waals surface area contributed by atoms with Gasteiger partial charge in [0, 0.05) is 17.3 Å². The van der Waals surface area contributed by atoms with Crippen LogP contribution >= 0.6 is 0 Å². The maximum absolute atomic E-state index is 15.4. The molecule has 8 nitrogen and oxygen atoms in total. The standard InChI is InChI=1S/C27H23FN4O4S/c1-15-23(31-12-17(11-29)4-7-25(31)30-15)13-32-22-9-20(8-21(28)26(22)36-16(2)27(32)34)18-5-6-19(14-33)24(10-18)37(3)35/h4-10,12,16,33H,13-14H2,1-3H3/t16-,37-/m1/s1. The fraction of sp³-hybridized carbons (Fsp3) is 0.222. The smallest absolute Gasteiger partial charge is 0.268 e. The molecule has 1 N–H and O–H groups in total. The van der Waals surface area contributed by atoms with E-state index < -0.39 is 22.7 Å². The van der Waals surface area contributed by atoms with Gasteiger partial charge in [0.05, 0.1) is 46.6 Å². The second kappa shape index (κ2) is 9.42. The van der Waals surface area contributed by atoms with E-state index in [-0.39, 0.29) is 30.5 Å². The van der Waals surface area contributed by atoms with E-state index in [1.807, 2.05) is 6.92 Å². The second-order valence-corrected chi connectivity index (χ2v) is 10.2. The maximum atomic E-state index is 15.4. The Morgan fingerprint density at radius 3 is 2.70 bits per heavy atom. The monoisotopic (exact) mass is 518 g/mol. The van der Waals surface area contributed by atoms with Gasteiger partial charge in [-0.25, -0.2) is 9.37 Å². The first-order chi connectivity index (χ1) is 17.7. The highest BCUT2D eigenvalue weighted by Crippen LogP contribution is 2.41. The number of halogens is 1. The number of nitriles is 1. The van der Waals surface area contributed by atoms with Crippen molar-refractivity contribution in [3.05, 3.63) is 77.0 Å². The summed E-state index contributed by atoms with van der Waals surface area (Å²) in [6.07, 6.45) is 2.27. The number of anilines is 1. The molecule has 0 radical (unpaired) electrons. The molecule has 0 saturated heterocycles. The Labute approximate surface area is 215 Å². The van der Waals surface area contributed by atoms with Gasteiger partial charge in [-0.2, -0.15) is 5.26 Å². The number of amides is 1. The summed E-state index contributed by atoms with van der Waals surface area (Å²) in [5.74, 6) is -1.02. The van der Waals surface area contributed by atoms with Gasteiger partial charge in [0.1, 0.15) is 11.7 Å². The number of hydrogen-bond acceptors (Lipinski definition) is 6. The van der Waals surface area contributed by atoms with Gasteiger partial charge >= 0.3 is 0 Å². The quantitative estimate of drug-likeness (QED) is 0.430. The zero-order chi connectivity index (χ0) is 26.4. The Morgan fingerprint density at radius 1 is 1.22 bits per heavy atom. The molecule has 4 aromatic rings. The summed E-state index contributed by atoms with van der Waals surface area (Å²) < 4.78 is 35.0. The van der Waals surface area contributed by atoms with Gasteiger partial charge in [0.2, 0.25) is 0 Å². The lowest BCUT2D eigenvalue weighted by Crippen LogP contribution is -2.44. The van der Waals surface area contributed by atoms with E-state index in [0.717, 1.165) is 0 Å². The third kappa shape index (κ3) is 4.26. The van der Waals surface area contributed by atoms with Crippen molar-refractivity contribution in [2.75, 3.05) is 11.2 Å². The Kier molecular flexibility index (Phi) is 6.27. The summed E-state index contributed by atoms with van der Waals surface area (Å²) in [7, 11) is -1.37. The van der Waals surface area contributed by atoms with Crippen molar-refractivity contribution in [2.24, 2.45) is 0 Å². The number of imidazole rings is 1. The fourth-order valence-corrected chi connectivity index (χ4v) is 5.34. The van der Waals surface area contributed by atoms with Crippen LogP contribution in [-0.2, 0) is 28.7 Å². The van der Waals surface area contributed by atoms with Gasteiger partial charge in [-0.15, -0.1) is 0 Å². The van der Waals surface area contributed by atoms with Crippen LogP contribution < -0.4 is 9.64 Å². The van der Waals surface area contributed by atoms with Crippen LogP contribution in [0.3, 0.4) is 0 Å². The number of aryl methyl sites for hydroxylation is 1. The van der Waals surface area contributed by atoms with Crippen molar-refractivity contribution in [3.8, 4) is 22.9 Å². The number of aliphatic hydroxyl groups is 1. The van der Waals surface area contributed by atoms with Gasteiger partial charge in [-0.1, -0.05) is 12.1 Å². The molecule has 0 aliphatic carbocycles. The molecular weight excluding hydrogens is 495 g/mol. The van der Waals surface area contributed by atoms with Gasteiger partial charge in [-0.05, 0) is 60.9 Å². The number of hydrogen-bond donors (Lipinski definition) is 1. The molecule has 2 atom stereocenters. The molecular formula is C27H23FN4O4S. The molecule has 2 aromatic heterocycles. The van der Waals surface area contributed by atoms with Crippen molar-refractivity contribution in [1.29, 1.82) is 5.26 Å². The first-order valence-electron chi connectivity index (χ1n) is 11.5. The van der Waals surface area contributed by atoms with Crippen molar-refractivity contribution in [1.82, 2.24) is 9.38 Å². The Morgan fingerprint density at radius 2 is 2.00 bits per heavy atom. The van der Waals surface area contributed by atoms with Crippen LogP contribution in [0, 0.1) is 24.1 Å². The minimum absolute atomic E-state index is 0.0358. The zero-order valence-corrected chi connectivity index (χ0v) is 21.2. The highest BCUT2D eigenvalue weighted by Gasteiger charge is 2.35. The van der Waals surface area contributed by atoms with Crippen LogP contribution in [0.25, 0.3) is 16.8 Å². The molecule has 3 heterocycles. The van der Waals surface area contributed by atoms with Crippen molar-refractivity contribution in [2.45, 2.75) is 38.0 Å². The number of fused-ring (bicyclic) bond motifs is 2. The predicted octanol–water partition coefficient (Wildman–Crippen LogP) is 3.86. The van der Waals surface area contributed by atoms with E-state index in [1.165, 1.54) is 17.2 Å². The number of aliphatic hydroxyl groups excluding tert-OH is 1. The molecule has 5 rings (SSSR count). The van der Waals surface area contributed by atoms with Gasteiger partial charge in [-0.3, -0.25) is 13.9 Å². The number of carbonyl (C=O) groups is 1. The summed E-state index contributed by atoms with van der Waals surface area (Å²) in [6, 6.07) is 13.5. The largest absolute Gasteiger partial charge is 0.476 e. The van der Waals surface area contributed by atoms with E-state index in [0.29, 0.717) is 44.2 Å². The third-order valence-electron chi connectivity index (χ3n) is 6.46. The van der Waals surface area contributed by atoms with Crippen molar-refractivity contribution < 1.29 is 23.2 Å². The van der Waals surface area contributed by atoms with Crippen molar-refractivity contribution >= 4 is 28.0 Å². The molecule has 0 fully saturated rings. The number of carbonyl (C=O) groups excluding carboxylic acids is 1. The minimum Gasteiger partial charge on any atom is -0.476 e. The summed E-state index contributed by atoms with van der Waals surface area (Å²) in [6.45, 7) is 3.19.